The summed E-state index contributed by atoms with van der Waals surface area (Å²) in [5.41, 5.74) is 2.38. The van der Waals surface area contributed by atoms with Crippen LogP contribution in [0.15, 0.2) is 47.0 Å². The van der Waals surface area contributed by atoms with E-state index in [1.165, 1.54) is 0 Å². The minimum atomic E-state index is -0.982. The predicted octanol–water partition coefficient (Wildman–Crippen LogP) is 7.49. The summed E-state index contributed by atoms with van der Waals surface area (Å²) in [7, 11) is 1.77. The quantitative estimate of drug-likeness (QED) is 0.281. The Hall–Kier alpha value is -2.87. The van der Waals surface area contributed by atoms with Crippen molar-refractivity contribution in [2.75, 3.05) is 7.05 Å². The molecule has 0 unspecified atom stereocenters. The lowest BCUT2D eigenvalue weighted by molar-refractivity contribution is -0.170. The van der Waals surface area contributed by atoms with Gasteiger partial charge in [-0.25, -0.2) is 4.79 Å². The molecule has 2 aromatic carbocycles. The van der Waals surface area contributed by atoms with Crippen LogP contribution in [0.5, 0.6) is 0 Å². The minimum absolute atomic E-state index is 0.0895. The second-order valence-corrected chi connectivity index (χ2v) is 12.4. The van der Waals surface area contributed by atoms with Gasteiger partial charge in [0.25, 0.3) is 0 Å². The summed E-state index contributed by atoms with van der Waals surface area (Å²) in [5.74, 6) is 0.321. The molecule has 4 aliphatic carbocycles. The summed E-state index contributed by atoms with van der Waals surface area (Å²) >= 11 is 13.0. The summed E-state index contributed by atoms with van der Waals surface area (Å²) < 4.78 is 12.5. The van der Waals surface area contributed by atoms with Gasteiger partial charge in [-0.1, -0.05) is 52.6 Å². The Bertz CT molecular complexity index is 1420. The molecule has 4 aliphatic rings. The van der Waals surface area contributed by atoms with Crippen LogP contribution in [0, 0.1) is 5.41 Å². The minimum Gasteiger partial charge on any atom is -0.478 e. The Morgan fingerprint density at radius 2 is 1.68 bits per heavy atom. The second-order valence-electron chi connectivity index (χ2n) is 11.6. The molecule has 4 fully saturated rings. The average molecular weight is 584 g/mol. The predicted molar refractivity (Wildman–Crippen MR) is 151 cm³/mol. The van der Waals surface area contributed by atoms with Gasteiger partial charge in [0.1, 0.15) is 11.5 Å². The highest BCUT2D eigenvalue weighted by molar-refractivity contribution is 6.39. The third kappa shape index (κ3) is 4.93. The molecule has 0 atom stereocenters. The van der Waals surface area contributed by atoms with Crippen LogP contribution in [0.25, 0.3) is 11.3 Å². The van der Waals surface area contributed by atoms with Gasteiger partial charge in [-0.3, -0.25) is 4.79 Å². The van der Waals surface area contributed by atoms with E-state index in [4.69, 9.17) is 32.5 Å². The molecule has 0 radical (unpaired) electrons. The third-order valence-corrected chi connectivity index (χ3v) is 9.75. The number of aromatic nitrogens is 1. The van der Waals surface area contributed by atoms with Crippen molar-refractivity contribution >= 4 is 35.1 Å². The summed E-state index contributed by atoms with van der Waals surface area (Å²) in [6, 6.07) is 12.3. The number of carbonyl (C=O) groups is 2. The van der Waals surface area contributed by atoms with E-state index in [2.05, 4.69) is 5.16 Å². The molecule has 3 aromatic rings. The highest BCUT2D eigenvalue weighted by Crippen LogP contribution is 2.55. The highest BCUT2D eigenvalue weighted by atomic mass is 35.5. The lowest BCUT2D eigenvalue weighted by Crippen LogP contribution is -2.54. The molecule has 1 N–H and O–H groups in total. The van der Waals surface area contributed by atoms with E-state index in [1.807, 2.05) is 6.07 Å². The van der Waals surface area contributed by atoms with Crippen LogP contribution < -0.4 is 0 Å². The number of hydrogen-bond donors (Lipinski definition) is 1. The number of carboxylic acids is 1. The average Bonchev–Trinajstić information content (AvgIpc) is 3.72. The number of halogens is 2. The maximum atomic E-state index is 13.7. The van der Waals surface area contributed by atoms with Crippen LogP contribution in [-0.4, -0.2) is 39.7 Å². The number of aromatic carboxylic acids is 1. The molecule has 0 spiro atoms. The maximum absolute atomic E-state index is 13.7. The molecule has 2 bridgehead atoms. The molecular weight excluding hydrogens is 551 g/mol. The van der Waals surface area contributed by atoms with Gasteiger partial charge in [-0.15, -0.1) is 0 Å². The lowest BCUT2D eigenvalue weighted by atomic mass is 9.58. The molecule has 4 saturated carbocycles. The van der Waals surface area contributed by atoms with Crippen molar-refractivity contribution in [1.82, 2.24) is 10.1 Å². The maximum Gasteiger partial charge on any atom is 0.336 e. The topological polar surface area (TPSA) is 92.9 Å². The van der Waals surface area contributed by atoms with Crippen molar-refractivity contribution in [3.8, 4) is 11.3 Å². The summed E-state index contributed by atoms with van der Waals surface area (Å²) in [5, 5.41) is 15.0. The van der Waals surface area contributed by atoms with Gasteiger partial charge in [0.2, 0.25) is 5.91 Å². The molecule has 1 aromatic heterocycles. The van der Waals surface area contributed by atoms with Crippen LogP contribution in [0.4, 0.5) is 0 Å². The fourth-order valence-electron chi connectivity index (χ4n) is 6.56. The Morgan fingerprint density at radius 1 is 1.02 bits per heavy atom. The molecule has 1 heterocycles. The number of benzene rings is 2. The molecule has 1 amide bonds. The van der Waals surface area contributed by atoms with Crippen molar-refractivity contribution < 1.29 is 24.0 Å². The smallest absolute Gasteiger partial charge is 0.336 e. The third-order valence-electron chi connectivity index (χ3n) is 9.12. The van der Waals surface area contributed by atoms with E-state index < -0.39 is 11.4 Å². The summed E-state index contributed by atoms with van der Waals surface area (Å²) in [4.78, 5) is 27.0. The van der Waals surface area contributed by atoms with Gasteiger partial charge in [-0.05, 0) is 75.1 Å². The van der Waals surface area contributed by atoms with Crippen LogP contribution in [-0.2, 0) is 22.7 Å². The number of rotatable bonds is 9. The molecule has 7 nitrogen and oxygen atoms in total. The van der Waals surface area contributed by atoms with Crippen LogP contribution in [0.3, 0.4) is 0 Å². The van der Waals surface area contributed by atoms with Crippen molar-refractivity contribution in [1.29, 1.82) is 0 Å². The Balaban J connectivity index is 1.15. The molecular formula is C31H32Cl2N2O5. The first kappa shape index (κ1) is 27.3. The van der Waals surface area contributed by atoms with Crippen LogP contribution >= 0.6 is 23.2 Å². The zero-order chi connectivity index (χ0) is 28.1. The molecule has 210 valence electrons. The lowest BCUT2D eigenvalue weighted by Gasteiger charge is -2.53. The molecule has 7 rings (SSSR count). The monoisotopic (exact) mass is 582 g/mol. The van der Waals surface area contributed by atoms with E-state index in [-0.39, 0.29) is 23.6 Å². The first-order chi connectivity index (χ1) is 19.2. The zero-order valence-corrected chi connectivity index (χ0v) is 23.9. The fourth-order valence-corrected chi connectivity index (χ4v) is 7.14. The molecule has 0 saturated heterocycles. The fraction of sp³-hybridized carbons (Fsp3) is 0.452. The SMILES string of the molecule is CN(Cc1ccccc1C(=O)O)C(=O)C12CCC(OCc3c(-c4c(Cl)cccc4Cl)noc3C3CC3)(CC1)CC2. The number of ether oxygens (including phenoxy) is 1. The second kappa shape index (κ2) is 10.5. The Kier molecular flexibility index (Phi) is 7.18. The van der Waals surface area contributed by atoms with Crippen molar-refractivity contribution in [2.45, 2.75) is 76.0 Å². The van der Waals surface area contributed by atoms with E-state index >= 15 is 0 Å². The van der Waals surface area contributed by atoms with Gasteiger partial charge in [0, 0.05) is 36.1 Å². The molecule has 40 heavy (non-hydrogen) atoms. The van der Waals surface area contributed by atoms with E-state index in [9.17, 15) is 14.7 Å². The molecule has 0 aliphatic heterocycles. The Labute approximate surface area is 243 Å². The normalized spacial score (nSPS) is 23.8. The van der Waals surface area contributed by atoms with Gasteiger partial charge in [0.15, 0.2) is 0 Å². The number of nitrogens with zero attached hydrogens (tertiary/aromatic N) is 2. The largest absolute Gasteiger partial charge is 0.478 e. The van der Waals surface area contributed by atoms with Crippen molar-refractivity contribution in [3.63, 3.8) is 0 Å². The van der Waals surface area contributed by atoms with Crippen LogP contribution in [0.2, 0.25) is 10.0 Å². The van der Waals surface area contributed by atoms with Gasteiger partial charge in [-0.2, -0.15) is 0 Å². The number of amides is 1. The standard InChI is InChI=1S/C31H32Cl2N2O5/c1-35(17-20-5-2-3-6-21(20)28(36)37)29(38)30-11-14-31(15-12-30,16-13-30)39-18-22-26(34-40-27(22)19-9-10-19)25-23(32)7-4-8-24(25)33/h2-8,19H,9-18H2,1H3,(H,36,37). The van der Waals surface area contributed by atoms with E-state index in [0.29, 0.717) is 39.4 Å². The first-order valence-corrected chi connectivity index (χ1v) is 14.6. The number of hydrogen-bond acceptors (Lipinski definition) is 5. The highest BCUT2D eigenvalue weighted by Gasteiger charge is 2.54. The number of carbonyl (C=O) groups excluding carboxylic acids is 1. The summed E-state index contributed by atoms with van der Waals surface area (Å²) in [6.45, 7) is 0.633. The number of carboxylic acid groups (broad SMARTS) is 1. The van der Waals surface area contributed by atoms with Crippen molar-refractivity contribution in [2.24, 2.45) is 5.41 Å². The van der Waals surface area contributed by atoms with Crippen molar-refractivity contribution in [3.05, 3.63) is 75.0 Å². The number of fused-ring (bicyclic) bond motifs is 3. The molecule has 9 heteroatoms. The van der Waals surface area contributed by atoms with Crippen LogP contribution in [0.1, 0.15) is 84.5 Å². The van der Waals surface area contributed by atoms with Gasteiger partial charge < -0.3 is 19.3 Å². The summed E-state index contributed by atoms with van der Waals surface area (Å²) in [6.07, 6.45) is 6.77. The van der Waals surface area contributed by atoms with Gasteiger partial charge >= 0.3 is 5.97 Å². The zero-order valence-electron chi connectivity index (χ0n) is 22.4. The van der Waals surface area contributed by atoms with E-state index in [0.717, 1.165) is 62.7 Å². The van der Waals surface area contributed by atoms with E-state index in [1.54, 1.807) is 48.3 Å². The Morgan fingerprint density at radius 3 is 2.30 bits per heavy atom. The first-order valence-electron chi connectivity index (χ1n) is 13.9. The van der Waals surface area contributed by atoms with Gasteiger partial charge in [0.05, 0.1) is 27.8 Å².